The summed E-state index contributed by atoms with van der Waals surface area (Å²) >= 11 is 0. The third-order valence-electron chi connectivity index (χ3n) is 4.64. The van der Waals surface area contributed by atoms with Crippen molar-refractivity contribution >= 4 is 11.6 Å². The molecule has 0 heterocycles. The lowest BCUT2D eigenvalue weighted by Gasteiger charge is -2.35. The van der Waals surface area contributed by atoms with Gasteiger partial charge in [0, 0.05) is 19.6 Å². The summed E-state index contributed by atoms with van der Waals surface area (Å²) in [5.74, 6) is -0.132. The summed E-state index contributed by atoms with van der Waals surface area (Å²) in [7, 11) is 1.58. The highest BCUT2D eigenvalue weighted by Gasteiger charge is 2.33. The molecule has 0 bridgehead atoms. The number of amides is 1. The molecule has 1 aliphatic carbocycles. The number of hydrogen-bond donors (Lipinski definition) is 2. The lowest BCUT2D eigenvalue weighted by Crippen LogP contribution is -2.36. The van der Waals surface area contributed by atoms with Gasteiger partial charge in [-0.15, -0.1) is 0 Å². The van der Waals surface area contributed by atoms with Crippen LogP contribution in [0.5, 0.6) is 5.75 Å². The van der Waals surface area contributed by atoms with Crippen molar-refractivity contribution in [3.63, 3.8) is 0 Å². The Hall–Kier alpha value is -1.66. The fraction of sp³-hybridized carbons (Fsp3) is 0.611. The van der Waals surface area contributed by atoms with Crippen molar-refractivity contribution in [3.8, 4) is 5.75 Å². The van der Waals surface area contributed by atoms with Crippen LogP contribution in [-0.4, -0.2) is 32.8 Å². The summed E-state index contributed by atoms with van der Waals surface area (Å²) < 4.78 is 24.0. The van der Waals surface area contributed by atoms with Crippen LogP contribution in [0.25, 0.3) is 0 Å². The largest absolute Gasteiger partial charge is 0.489 e. The van der Waals surface area contributed by atoms with Gasteiger partial charge in [0.2, 0.25) is 5.91 Å². The number of carbonyl (C=O) groups is 1. The van der Waals surface area contributed by atoms with Crippen LogP contribution in [0.1, 0.15) is 38.5 Å². The summed E-state index contributed by atoms with van der Waals surface area (Å²) in [5.41, 5.74) is 6.15. The van der Waals surface area contributed by atoms with Gasteiger partial charge in [-0.2, -0.15) is 0 Å². The zero-order chi connectivity index (χ0) is 17.4. The van der Waals surface area contributed by atoms with E-state index in [9.17, 15) is 9.18 Å². The maximum absolute atomic E-state index is 13.5. The number of ether oxygens (including phenoxy) is 2. The third-order valence-corrected chi connectivity index (χ3v) is 4.64. The number of rotatable bonds is 8. The van der Waals surface area contributed by atoms with E-state index < -0.39 is 5.82 Å². The van der Waals surface area contributed by atoms with Gasteiger partial charge in [-0.3, -0.25) is 4.79 Å². The van der Waals surface area contributed by atoms with Crippen molar-refractivity contribution in [1.82, 2.24) is 0 Å². The Morgan fingerprint density at radius 1 is 1.29 bits per heavy atom. The minimum absolute atomic E-state index is 0.132. The molecular weight excluding hydrogens is 311 g/mol. The molecular formula is C18H27FN2O3. The monoisotopic (exact) mass is 338 g/mol. The Morgan fingerprint density at radius 2 is 2.04 bits per heavy atom. The highest BCUT2D eigenvalue weighted by Crippen LogP contribution is 2.38. The second kappa shape index (κ2) is 8.99. The van der Waals surface area contributed by atoms with Crippen molar-refractivity contribution in [2.45, 2.75) is 38.5 Å². The molecule has 0 saturated heterocycles. The van der Waals surface area contributed by atoms with Crippen LogP contribution in [0.15, 0.2) is 18.2 Å². The van der Waals surface area contributed by atoms with Crippen LogP contribution in [0.3, 0.4) is 0 Å². The lowest BCUT2D eigenvalue weighted by molar-refractivity contribution is -0.118. The Balaban J connectivity index is 2.03. The van der Waals surface area contributed by atoms with E-state index in [0.29, 0.717) is 37.6 Å². The van der Waals surface area contributed by atoms with E-state index in [1.54, 1.807) is 7.11 Å². The molecule has 0 spiro atoms. The zero-order valence-corrected chi connectivity index (χ0v) is 14.3. The summed E-state index contributed by atoms with van der Waals surface area (Å²) in [6.45, 7) is 1.25. The molecule has 1 aromatic carbocycles. The number of halogens is 1. The summed E-state index contributed by atoms with van der Waals surface area (Å²) in [4.78, 5) is 12.5. The van der Waals surface area contributed by atoms with Crippen molar-refractivity contribution in [3.05, 3.63) is 24.0 Å². The molecule has 5 nitrogen and oxygen atoms in total. The molecule has 1 amide bonds. The average Bonchev–Trinajstić information content (AvgIpc) is 2.57. The molecule has 0 unspecified atom stereocenters. The van der Waals surface area contributed by atoms with Gasteiger partial charge in [-0.1, -0.05) is 19.3 Å². The highest BCUT2D eigenvalue weighted by molar-refractivity contribution is 5.92. The van der Waals surface area contributed by atoms with Gasteiger partial charge in [-0.05, 0) is 36.9 Å². The van der Waals surface area contributed by atoms with Gasteiger partial charge >= 0.3 is 0 Å². The Kier molecular flexibility index (Phi) is 6.99. The minimum atomic E-state index is -0.421. The topological polar surface area (TPSA) is 73.6 Å². The van der Waals surface area contributed by atoms with E-state index in [1.807, 2.05) is 0 Å². The Labute approximate surface area is 142 Å². The molecule has 1 saturated carbocycles. The first-order valence-electron chi connectivity index (χ1n) is 8.50. The number of carbonyl (C=O) groups excluding carboxylic acids is 1. The summed E-state index contributed by atoms with van der Waals surface area (Å²) in [5, 5.41) is 2.78. The molecule has 6 heteroatoms. The molecule has 2 rings (SSSR count). The number of hydrogen-bond acceptors (Lipinski definition) is 4. The Bertz CT molecular complexity index is 545. The second-order valence-electron chi connectivity index (χ2n) is 6.47. The predicted octanol–water partition coefficient (Wildman–Crippen LogP) is 3.09. The van der Waals surface area contributed by atoms with Gasteiger partial charge < -0.3 is 20.5 Å². The fourth-order valence-electron chi connectivity index (χ4n) is 3.25. The van der Waals surface area contributed by atoms with Crippen molar-refractivity contribution in [2.24, 2.45) is 11.1 Å². The van der Waals surface area contributed by atoms with E-state index in [1.165, 1.54) is 24.6 Å². The number of nitrogens with one attached hydrogen (secondary N) is 1. The summed E-state index contributed by atoms with van der Waals surface area (Å²) in [6.07, 6.45) is 5.71. The predicted molar refractivity (Wildman–Crippen MR) is 91.6 cm³/mol. The standard InChI is InChI=1S/C18H27FN2O3/c1-23-9-10-24-16-6-5-14(19)11-15(16)21-17(22)12-18(13-20)7-3-2-4-8-18/h5-6,11H,2-4,7-10,12-13,20H2,1H3,(H,21,22). The van der Waals surface area contributed by atoms with E-state index in [0.717, 1.165) is 25.7 Å². The van der Waals surface area contributed by atoms with Crippen LogP contribution >= 0.6 is 0 Å². The van der Waals surface area contributed by atoms with Crippen LogP contribution in [0.4, 0.5) is 10.1 Å². The van der Waals surface area contributed by atoms with E-state index >= 15 is 0 Å². The normalized spacial score (nSPS) is 16.6. The first-order valence-corrected chi connectivity index (χ1v) is 8.50. The minimum Gasteiger partial charge on any atom is -0.489 e. The van der Waals surface area contributed by atoms with Gasteiger partial charge in [-0.25, -0.2) is 4.39 Å². The molecule has 134 valence electrons. The third kappa shape index (κ3) is 5.18. The SMILES string of the molecule is COCCOc1ccc(F)cc1NC(=O)CC1(CN)CCCCC1. The van der Waals surface area contributed by atoms with Gasteiger partial charge in [0.05, 0.1) is 12.3 Å². The van der Waals surface area contributed by atoms with E-state index in [-0.39, 0.29) is 11.3 Å². The number of methoxy groups -OCH3 is 1. The Morgan fingerprint density at radius 3 is 2.71 bits per heavy atom. The highest BCUT2D eigenvalue weighted by atomic mass is 19.1. The van der Waals surface area contributed by atoms with Gasteiger partial charge in [0.15, 0.2) is 0 Å². The molecule has 3 N–H and O–H groups in total. The van der Waals surface area contributed by atoms with Crippen molar-refractivity contribution < 1.29 is 18.7 Å². The van der Waals surface area contributed by atoms with Gasteiger partial charge in [0.1, 0.15) is 18.2 Å². The maximum atomic E-state index is 13.5. The van der Waals surface area contributed by atoms with Crippen molar-refractivity contribution in [2.75, 3.05) is 32.2 Å². The molecule has 1 aliphatic rings. The molecule has 24 heavy (non-hydrogen) atoms. The van der Waals surface area contributed by atoms with Crippen LogP contribution in [0.2, 0.25) is 0 Å². The first-order chi connectivity index (χ1) is 11.6. The number of anilines is 1. The number of nitrogens with two attached hydrogens (primary N) is 1. The van der Waals surface area contributed by atoms with Crippen LogP contribution < -0.4 is 15.8 Å². The molecule has 0 atom stereocenters. The smallest absolute Gasteiger partial charge is 0.225 e. The van der Waals surface area contributed by atoms with Crippen LogP contribution in [0, 0.1) is 11.2 Å². The fourth-order valence-corrected chi connectivity index (χ4v) is 3.25. The molecule has 0 aromatic heterocycles. The molecule has 1 aromatic rings. The maximum Gasteiger partial charge on any atom is 0.225 e. The van der Waals surface area contributed by atoms with Gasteiger partial charge in [0.25, 0.3) is 0 Å². The quantitative estimate of drug-likeness (QED) is 0.715. The lowest BCUT2D eigenvalue weighted by atomic mass is 9.71. The zero-order valence-electron chi connectivity index (χ0n) is 14.3. The van der Waals surface area contributed by atoms with E-state index in [4.69, 9.17) is 15.2 Å². The molecule has 1 fully saturated rings. The first kappa shape index (κ1) is 18.7. The average molecular weight is 338 g/mol. The molecule has 0 aliphatic heterocycles. The molecule has 0 radical (unpaired) electrons. The van der Waals surface area contributed by atoms with Crippen LogP contribution in [-0.2, 0) is 9.53 Å². The van der Waals surface area contributed by atoms with Crippen molar-refractivity contribution in [1.29, 1.82) is 0 Å². The second-order valence-corrected chi connectivity index (χ2v) is 6.47. The number of benzene rings is 1. The van der Waals surface area contributed by atoms with E-state index in [2.05, 4.69) is 5.32 Å². The summed E-state index contributed by atoms with van der Waals surface area (Å²) in [6, 6.07) is 4.09.